The molecule has 0 aromatic heterocycles. The smallest absolute Gasteiger partial charge is 0.326 e. The van der Waals surface area contributed by atoms with E-state index in [2.05, 4.69) is 39.5 Å². The summed E-state index contributed by atoms with van der Waals surface area (Å²) >= 11 is 0. The molecule has 54 heavy (non-hydrogen) atoms. The molecule has 6 amide bonds. The Kier molecular flexibility index (Phi) is 15.9. The van der Waals surface area contributed by atoms with E-state index in [9.17, 15) is 38.7 Å². The normalized spacial score (nSPS) is 15.8. The van der Waals surface area contributed by atoms with Gasteiger partial charge in [-0.25, -0.2) is 4.79 Å². The lowest BCUT2D eigenvalue weighted by atomic mass is 9.76. The van der Waals surface area contributed by atoms with Gasteiger partial charge in [-0.1, -0.05) is 83.9 Å². The average Bonchev–Trinajstić information content (AvgIpc) is 3.38. The van der Waals surface area contributed by atoms with Gasteiger partial charge in [-0.3, -0.25) is 33.7 Å². The molecule has 0 radical (unpaired) electrons. The zero-order valence-corrected chi connectivity index (χ0v) is 33.9. The molecule has 1 heterocycles. The fraction of sp³-hybridized carbons (Fsp3) is 0.575. The standard InChI is InChI=1S/C40H60N6O8/c1-23(2)29(22-26(5)35(50)43-28(38(53)54)13-14-30(47)42-17-18-46-31(48)15-16-32(46)49)45(12)37(52)34(39(6,7)8)44-36(51)33(41-11)40(9,10)27-20-24(3)19-25(4)21-27/h15-16,19-23,28-29,33-34,41H,13-14,17-18H2,1-12H3,(H,42,47)(H,43,50)(H,44,51)(H,53,54)/b26-22+/t28-,29-,33-,34-/m1/s1. The number of amides is 6. The largest absolute Gasteiger partial charge is 0.480 e. The molecule has 0 saturated heterocycles. The van der Waals surface area contributed by atoms with Crippen molar-refractivity contribution in [2.24, 2.45) is 11.3 Å². The van der Waals surface area contributed by atoms with E-state index in [0.29, 0.717) is 0 Å². The molecule has 1 aromatic rings. The number of carboxylic acids is 1. The van der Waals surface area contributed by atoms with Gasteiger partial charge in [-0.2, -0.15) is 0 Å². The summed E-state index contributed by atoms with van der Waals surface area (Å²) < 4.78 is 0. The third-order valence-corrected chi connectivity index (χ3v) is 9.72. The van der Waals surface area contributed by atoms with Crippen LogP contribution in [0.2, 0.25) is 0 Å². The third-order valence-electron chi connectivity index (χ3n) is 9.72. The number of aryl methyl sites for hydroxylation is 2. The predicted molar refractivity (Wildman–Crippen MR) is 206 cm³/mol. The summed E-state index contributed by atoms with van der Waals surface area (Å²) in [6.45, 7) is 18.8. The number of nitrogens with zero attached hydrogens (tertiary/aromatic N) is 2. The van der Waals surface area contributed by atoms with Crippen LogP contribution in [0.25, 0.3) is 0 Å². The monoisotopic (exact) mass is 752 g/mol. The molecule has 0 unspecified atom stereocenters. The molecule has 2 rings (SSSR count). The summed E-state index contributed by atoms with van der Waals surface area (Å²) in [7, 11) is 3.33. The highest BCUT2D eigenvalue weighted by Crippen LogP contribution is 2.30. The van der Waals surface area contributed by atoms with Crippen LogP contribution in [0.4, 0.5) is 0 Å². The van der Waals surface area contributed by atoms with E-state index in [1.165, 1.54) is 11.8 Å². The van der Waals surface area contributed by atoms with Crippen molar-refractivity contribution in [2.75, 3.05) is 27.2 Å². The van der Waals surface area contributed by atoms with Crippen LogP contribution in [-0.2, 0) is 39.0 Å². The van der Waals surface area contributed by atoms with Crippen LogP contribution in [0.5, 0.6) is 0 Å². The molecular weight excluding hydrogens is 692 g/mol. The molecular formula is C40H60N6O8. The molecule has 298 valence electrons. The second kappa shape index (κ2) is 19.0. The van der Waals surface area contributed by atoms with Crippen LogP contribution in [-0.4, -0.2) is 108 Å². The molecule has 5 N–H and O–H groups in total. The number of likely N-dealkylation sites (N-methyl/N-ethyl adjacent to an activating group) is 2. The molecule has 0 aliphatic carbocycles. The van der Waals surface area contributed by atoms with Crippen LogP contribution in [0.1, 0.15) is 84.9 Å². The van der Waals surface area contributed by atoms with Crippen molar-refractivity contribution in [3.05, 3.63) is 58.7 Å². The highest BCUT2D eigenvalue weighted by Gasteiger charge is 2.42. The molecule has 14 heteroatoms. The van der Waals surface area contributed by atoms with Crippen LogP contribution in [0.15, 0.2) is 42.0 Å². The summed E-state index contributed by atoms with van der Waals surface area (Å²) in [6, 6.07) is 2.60. The lowest BCUT2D eigenvalue weighted by molar-refractivity contribution is -0.142. The second-order valence-corrected chi connectivity index (χ2v) is 16.1. The maximum Gasteiger partial charge on any atom is 0.326 e. The van der Waals surface area contributed by atoms with Gasteiger partial charge in [0.25, 0.3) is 11.8 Å². The second-order valence-electron chi connectivity index (χ2n) is 16.1. The minimum absolute atomic E-state index is 0.00625. The Balaban J connectivity index is 2.17. The van der Waals surface area contributed by atoms with Gasteiger partial charge < -0.3 is 31.3 Å². The summed E-state index contributed by atoms with van der Waals surface area (Å²) in [5.74, 6) is -4.35. The van der Waals surface area contributed by atoms with Crippen LogP contribution >= 0.6 is 0 Å². The Bertz CT molecular complexity index is 1620. The highest BCUT2D eigenvalue weighted by molar-refractivity contribution is 6.12. The third kappa shape index (κ3) is 12.1. The summed E-state index contributed by atoms with van der Waals surface area (Å²) in [6.07, 6.45) is 3.43. The molecule has 14 nitrogen and oxygen atoms in total. The maximum atomic E-state index is 14.2. The molecule has 0 spiro atoms. The minimum atomic E-state index is -1.39. The number of carboxylic acid groups (broad SMARTS) is 1. The average molecular weight is 753 g/mol. The van der Waals surface area contributed by atoms with Gasteiger partial charge in [0.1, 0.15) is 12.1 Å². The van der Waals surface area contributed by atoms with Crippen molar-refractivity contribution >= 4 is 41.4 Å². The van der Waals surface area contributed by atoms with E-state index >= 15 is 0 Å². The number of aliphatic carboxylic acids is 1. The van der Waals surface area contributed by atoms with Gasteiger partial charge in [0.05, 0.1) is 12.1 Å². The number of imide groups is 1. The summed E-state index contributed by atoms with van der Waals surface area (Å²) in [4.78, 5) is 91.7. The van der Waals surface area contributed by atoms with E-state index in [1.807, 2.05) is 62.3 Å². The number of benzene rings is 1. The lowest BCUT2D eigenvalue weighted by Crippen LogP contribution is -2.61. The number of carbonyl (C=O) groups excluding carboxylic acids is 6. The first kappa shape index (κ1) is 45.3. The Morgan fingerprint density at radius 2 is 1.46 bits per heavy atom. The zero-order valence-electron chi connectivity index (χ0n) is 33.9. The van der Waals surface area contributed by atoms with Gasteiger partial charge in [0.2, 0.25) is 23.6 Å². The Morgan fingerprint density at radius 1 is 0.907 bits per heavy atom. The number of nitrogens with one attached hydrogen (secondary N) is 4. The van der Waals surface area contributed by atoms with Gasteiger partial charge in [-0.15, -0.1) is 0 Å². The van der Waals surface area contributed by atoms with E-state index in [1.54, 1.807) is 20.2 Å². The minimum Gasteiger partial charge on any atom is -0.480 e. The number of rotatable bonds is 18. The fourth-order valence-electron chi connectivity index (χ4n) is 6.49. The van der Waals surface area contributed by atoms with Gasteiger partial charge >= 0.3 is 5.97 Å². The van der Waals surface area contributed by atoms with Crippen molar-refractivity contribution in [1.29, 1.82) is 0 Å². The Labute approximate surface area is 319 Å². The number of hydrogen-bond acceptors (Lipinski definition) is 8. The van der Waals surface area contributed by atoms with Crippen molar-refractivity contribution in [3.8, 4) is 0 Å². The number of hydrogen-bond donors (Lipinski definition) is 5. The molecule has 0 saturated carbocycles. The van der Waals surface area contributed by atoms with Crippen LogP contribution < -0.4 is 21.3 Å². The Hall–Kier alpha value is -4.85. The van der Waals surface area contributed by atoms with E-state index in [4.69, 9.17) is 0 Å². The van der Waals surface area contributed by atoms with E-state index in [0.717, 1.165) is 33.7 Å². The molecule has 4 atom stereocenters. The zero-order chi connectivity index (χ0) is 41.3. The first-order chi connectivity index (χ1) is 24.9. The molecule has 1 aromatic carbocycles. The van der Waals surface area contributed by atoms with Crippen molar-refractivity contribution in [2.45, 2.75) is 112 Å². The van der Waals surface area contributed by atoms with Gasteiger partial charge in [-0.05, 0) is 51.1 Å². The fourth-order valence-corrected chi connectivity index (χ4v) is 6.49. The quantitative estimate of drug-likeness (QED) is 0.111. The van der Waals surface area contributed by atoms with Crippen molar-refractivity contribution in [3.63, 3.8) is 0 Å². The number of carbonyl (C=O) groups is 7. The first-order valence-corrected chi connectivity index (χ1v) is 18.3. The lowest BCUT2D eigenvalue weighted by Gasteiger charge is -2.40. The predicted octanol–water partition coefficient (Wildman–Crippen LogP) is 2.52. The topological polar surface area (TPSA) is 194 Å². The highest BCUT2D eigenvalue weighted by atomic mass is 16.4. The van der Waals surface area contributed by atoms with Crippen molar-refractivity contribution < 1.29 is 38.7 Å². The van der Waals surface area contributed by atoms with E-state index in [-0.39, 0.29) is 49.2 Å². The summed E-state index contributed by atoms with van der Waals surface area (Å²) in [5, 5.41) is 21.0. The molecule has 0 bridgehead atoms. The molecule has 1 aliphatic heterocycles. The van der Waals surface area contributed by atoms with E-state index < -0.39 is 64.6 Å². The summed E-state index contributed by atoms with van der Waals surface area (Å²) in [5.41, 5.74) is 1.99. The van der Waals surface area contributed by atoms with Gasteiger partial charge in [0, 0.05) is 49.7 Å². The SMILES string of the molecule is CN[C@H](C(=O)N[C@H](C(=O)N(C)[C@H](/C=C(\C)C(=O)N[C@H](CCC(=O)NCCN1C(=O)C=CC1=O)C(=O)O)C(C)C)C(C)(C)C)C(C)(C)c1cc(C)cc(C)c1. The van der Waals surface area contributed by atoms with Gasteiger partial charge in [0.15, 0.2) is 0 Å². The first-order valence-electron chi connectivity index (χ1n) is 18.3. The molecule has 1 aliphatic rings. The Morgan fingerprint density at radius 3 is 1.94 bits per heavy atom. The van der Waals surface area contributed by atoms with Crippen LogP contribution in [0, 0.1) is 25.2 Å². The van der Waals surface area contributed by atoms with Crippen LogP contribution in [0.3, 0.4) is 0 Å². The molecule has 0 fully saturated rings. The van der Waals surface area contributed by atoms with Crippen molar-refractivity contribution in [1.82, 2.24) is 31.1 Å². The maximum absolute atomic E-state index is 14.2.